The number of hydrogen-bond acceptors (Lipinski definition) is 4. The van der Waals surface area contributed by atoms with Crippen LogP contribution in [0.4, 0.5) is 5.69 Å². The molecule has 0 unspecified atom stereocenters. The lowest BCUT2D eigenvalue weighted by molar-refractivity contribution is -0.117. The molecule has 0 atom stereocenters. The minimum Gasteiger partial charge on any atom is -0.497 e. The highest BCUT2D eigenvalue weighted by atomic mass is 35.5. The van der Waals surface area contributed by atoms with Crippen molar-refractivity contribution in [2.24, 2.45) is 0 Å². The monoisotopic (exact) mass is 362 g/mol. The molecule has 5 nitrogen and oxygen atoms in total. The summed E-state index contributed by atoms with van der Waals surface area (Å²) in [6, 6.07) is 11.3. The molecule has 0 spiro atoms. The van der Waals surface area contributed by atoms with Crippen molar-refractivity contribution in [3.63, 3.8) is 0 Å². The molecule has 0 aliphatic rings. The van der Waals surface area contributed by atoms with Crippen molar-refractivity contribution in [2.45, 2.75) is 13.5 Å². The topological polar surface area (TPSA) is 50.8 Å². The predicted molar refractivity (Wildman–Crippen MR) is 101 cm³/mol. The molecule has 6 heteroatoms. The molecule has 0 heterocycles. The largest absolute Gasteiger partial charge is 0.497 e. The van der Waals surface area contributed by atoms with E-state index in [2.05, 4.69) is 5.32 Å². The fourth-order valence-corrected chi connectivity index (χ4v) is 2.66. The number of halogens is 1. The van der Waals surface area contributed by atoms with E-state index in [-0.39, 0.29) is 12.5 Å². The zero-order valence-electron chi connectivity index (χ0n) is 14.9. The number of aryl methyl sites for hydroxylation is 1. The number of amides is 1. The Kier molecular flexibility index (Phi) is 6.67. The van der Waals surface area contributed by atoms with Crippen LogP contribution in [0.1, 0.15) is 11.1 Å². The van der Waals surface area contributed by atoms with Crippen LogP contribution in [-0.2, 0) is 11.3 Å². The van der Waals surface area contributed by atoms with Gasteiger partial charge in [0.1, 0.15) is 11.5 Å². The average Bonchev–Trinajstić information content (AvgIpc) is 2.57. The zero-order chi connectivity index (χ0) is 18.4. The van der Waals surface area contributed by atoms with Gasteiger partial charge in [0.05, 0.1) is 26.5 Å². The van der Waals surface area contributed by atoms with Crippen LogP contribution in [-0.4, -0.2) is 38.6 Å². The minimum absolute atomic E-state index is 0.120. The molecule has 0 radical (unpaired) electrons. The first-order chi connectivity index (χ1) is 11.9. The van der Waals surface area contributed by atoms with Crippen LogP contribution in [0, 0.1) is 6.92 Å². The van der Waals surface area contributed by atoms with E-state index < -0.39 is 0 Å². The van der Waals surface area contributed by atoms with Gasteiger partial charge >= 0.3 is 0 Å². The fourth-order valence-electron chi connectivity index (χ4n) is 2.50. The molecule has 0 fully saturated rings. The van der Waals surface area contributed by atoms with E-state index >= 15 is 0 Å². The van der Waals surface area contributed by atoms with Crippen molar-refractivity contribution in [1.82, 2.24) is 4.90 Å². The Morgan fingerprint density at radius 1 is 1.20 bits per heavy atom. The Morgan fingerprint density at radius 2 is 1.96 bits per heavy atom. The van der Waals surface area contributed by atoms with E-state index in [4.69, 9.17) is 21.1 Å². The second-order valence-corrected chi connectivity index (χ2v) is 6.28. The summed E-state index contributed by atoms with van der Waals surface area (Å²) in [6.45, 7) is 2.77. The highest BCUT2D eigenvalue weighted by molar-refractivity contribution is 6.31. The van der Waals surface area contributed by atoms with Crippen LogP contribution in [0.5, 0.6) is 11.5 Å². The molecule has 1 amide bonds. The van der Waals surface area contributed by atoms with Crippen LogP contribution < -0.4 is 14.8 Å². The standard InChI is InChI=1S/C19H23ClN2O3/c1-13-8-17(18(25-4)10-16(13)20)21-19(23)12-22(2)11-14-6-5-7-15(9-14)24-3/h5-10H,11-12H2,1-4H3,(H,21,23). The SMILES string of the molecule is COc1cccc(CN(C)CC(=O)Nc2cc(C)c(Cl)cc2OC)c1. The maximum absolute atomic E-state index is 12.3. The molecule has 0 aliphatic carbocycles. The highest BCUT2D eigenvalue weighted by Gasteiger charge is 2.12. The third kappa shape index (κ3) is 5.37. The Labute approximate surface area is 153 Å². The quantitative estimate of drug-likeness (QED) is 0.815. The van der Waals surface area contributed by atoms with Gasteiger partial charge in [-0.05, 0) is 43.3 Å². The number of nitrogens with one attached hydrogen (secondary N) is 1. The number of ether oxygens (including phenoxy) is 2. The lowest BCUT2D eigenvalue weighted by atomic mass is 10.2. The van der Waals surface area contributed by atoms with E-state index in [1.54, 1.807) is 26.4 Å². The molecule has 0 aromatic heterocycles. The number of benzene rings is 2. The lowest BCUT2D eigenvalue weighted by Crippen LogP contribution is -2.30. The van der Waals surface area contributed by atoms with Crippen LogP contribution in [0.2, 0.25) is 5.02 Å². The fraction of sp³-hybridized carbons (Fsp3) is 0.316. The molecule has 2 rings (SSSR count). The van der Waals surface area contributed by atoms with Gasteiger partial charge in [0.15, 0.2) is 0 Å². The van der Waals surface area contributed by atoms with Crippen molar-refractivity contribution in [2.75, 3.05) is 33.1 Å². The van der Waals surface area contributed by atoms with Crippen LogP contribution in [0.15, 0.2) is 36.4 Å². The maximum atomic E-state index is 12.3. The van der Waals surface area contributed by atoms with Crippen molar-refractivity contribution in [1.29, 1.82) is 0 Å². The van der Waals surface area contributed by atoms with E-state index in [9.17, 15) is 4.79 Å². The number of anilines is 1. The second kappa shape index (κ2) is 8.74. The van der Waals surface area contributed by atoms with E-state index in [1.807, 2.05) is 43.1 Å². The van der Waals surface area contributed by atoms with E-state index in [0.29, 0.717) is 23.0 Å². The first-order valence-corrected chi connectivity index (χ1v) is 8.26. The van der Waals surface area contributed by atoms with Crippen molar-refractivity contribution in [3.05, 3.63) is 52.5 Å². The lowest BCUT2D eigenvalue weighted by Gasteiger charge is -2.18. The van der Waals surface area contributed by atoms with Crippen molar-refractivity contribution in [3.8, 4) is 11.5 Å². The minimum atomic E-state index is -0.120. The third-order valence-electron chi connectivity index (χ3n) is 3.76. The predicted octanol–water partition coefficient (Wildman–Crippen LogP) is 3.74. The van der Waals surface area contributed by atoms with Gasteiger partial charge < -0.3 is 14.8 Å². The van der Waals surface area contributed by atoms with Gasteiger partial charge in [0.25, 0.3) is 0 Å². The summed E-state index contributed by atoms with van der Waals surface area (Å²) >= 11 is 6.09. The van der Waals surface area contributed by atoms with Gasteiger partial charge in [-0.3, -0.25) is 9.69 Å². The number of rotatable bonds is 7. The average molecular weight is 363 g/mol. The molecule has 2 aromatic rings. The Hall–Kier alpha value is -2.24. The van der Waals surface area contributed by atoms with Crippen LogP contribution >= 0.6 is 11.6 Å². The first-order valence-electron chi connectivity index (χ1n) is 7.88. The molecule has 25 heavy (non-hydrogen) atoms. The number of likely N-dealkylation sites (N-methyl/N-ethyl adjacent to an activating group) is 1. The number of carbonyl (C=O) groups is 1. The molecule has 0 saturated carbocycles. The molecule has 0 bridgehead atoms. The normalized spacial score (nSPS) is 10.6. The number of nitrogens with zero attached hydrogens (tertiary/aromatic N) is 1. The first kappa shape index (κ1) is 19.1. The summed E-state index contributed by atoms with van der Waals surface area (Å²) in [4.78, 5) is 14.3. The summed E-state index contributed by atoms with van der Waals surface area (Å²) in [5.74, 6) is 1.22. The highest BCUT2D eigenvalue weighted by Crippen LogP contribution is 2.30. The summed E-state index contributed by atoms with van der Waals surface area (Å²) in [5, 5.41) is 3.48. The van der Waals surface area contributed by atoms with Crippen LogP contribution in [0.3, 0.4) is 0 Å². The number of hydrogen-bond donors (Lipinski definition) is 1. The number of methoxy groups -OCH3 is 2. The van der Waals surface area contributed by atoms with Gasteiger partial charge in [-0.25, -0.2) is 0 Å². The molecule has 0 saturated heterocycles. The molecular weight excluding hydrogens is 340 g/mol. The molecule has 2 aromatic carbocycles. The Balaban J connectivity index is 1.98. The number of carbonyl (C=O) groups excluding carboxylic acids is 1. The summed E-state index contributed by atoms with van der Waals surface area (Å²) in [5.41, 5.74) is 2.57. The maximum Gasteiger partial charge on any atom is 0.238 e. The third-order valence-corrected chi connectivity index (χ3v) is 4.16. The van der Waals surface area contributed by atoms with Crippen LogP contribution in [0.25, 0.3) is 0 Å². The Morgan fingerprint density at radius 3 is 2.64 bits per heavy atom. The molecule has 134 valence electrons. The van der Waals surface area contributed by atoms with Gasteiger partial charge in [-0.1, -0.05) is 23.7 Å². The van der Waals surface area contributed by atoms with Gasteiger partial charge in [-0.15, -0.1) is 0 Å². The summed E-state index contributed by atoms with van der Waals surface area (Å²) in [6.07, 6.45) is 0. The smallest absolute Gasteiger partial charge is 0.238 e. The van der Waals surface area contributed by atoms with Gasteiger partial charge in [0.2, 0.25) is 5.91 Å². The van der Waals surface area contributed by atoms with Crippen molar-refractivity contribution < 1.29 is 14.3 Å². The summed E-state index contributed by atoms with van der Waals surface area (Å²) < 4.78 is 10.5. The second-order valence-electron chi connectivity index (χ2n) is 5.87. The van der Waals surface area contributed by atoms with E-state index in [0.717, 1.165) is 16.9 Å². The molecule has 0 aliphatic heterocycles. The van der Waals surface area contributed by atoms with Crippen molar-refractivity contribution >= 4 is 23.2 Å². The van der Waals surface area contributed by atoms with E-state index in [1.165, 1.54) is 0 Å². The van der Waals surface area contributed by atoms with Gasteiger partial charge in [0, 0.05) is 17.6 Å². The molecule has 1 N–H and O–H groups in total. The van der Waals surface area contributed by atoms with Gasteiger partial charge in [-0.2, -0.15) is 0 Å². The summed E-state index contributed by atoms with van der Waals surface area (Å²) in [7, 11) is 5.08. The molecular formula is C19H23ClN2O3. The Bertz CT molecular complexity index is 749. The zero-order valence-corrected chi connectivity index (χ0v) is 15.7.